The van der Waals surface area contributed by atoms with Crippen LogP contribution in [0.5, 0.6) is 0 Å². The number of unbranched alkanes of at least 4 members (excludes halogenated alkanes) is 1. The third kappa shape index (κ3) is 3.71. The second-order valence-electron chi connectivity index (χ2n) is 3.41. The van der Waals surface area contributed by atoms with E-state index in [1.807, 2.05) is 11.3 Å². The van der Waals surface area contributed by atoms with Gasteiger partial charge in [0.15, 0.2) is 0 Å². The van der Waals surface area contributed by atoms with E-state index in [0.717, 1.165) is 13.1 Å². The van der Waals surface area contributed by atoms with Gasteiger partial charge < -0.3 is 0 Å². The molecule has 0 aliphatic carbocycles. The Morgan fingerprint density at radius 1 is 1.43 bits per heavy atom. The van der Waals surface area contributed by atoms with Crippen LogP contribution in [0, 0.1) is 0 Å². The van der Waals surface area contributed by atoms with Crippen LogP contribution in [-0.2, 0) is 6.54 Å². The molecular formula is C11H18BrNS. The van der Waals surface area contributed by atoms with Crippen LogP contribution in [0.25, 0.3) is 0 Å². The maximum Gasteiger partial charge on any atom is 0.0339 e. The standard InChI is InChI=1S/C11H18BrNS/c1-3-5-7-13(4-2)9-11-10(12)6-8-14-11/h6,8H,3-5,7,9H2,1-2H3. The third-order valence-electron chi connectivity index (χ3n) is 2.33. The summed E-state index contributed by atoms with van der Waals surface area (Å²) in [5.41, 5.74) is 0. The minimum absolute atomic E-state index is 1.09. The zero-order valence-electron chi connectivity index (χ0n) is 8.92. The van der Waals surface area contributed by atoms with Crippen molar-refractivity contribution in [1.82, 2.24) is 4.90 Å². The molecule has 0 unspecified atom stereocenters. The van der Waals surface area contributed by atoms with Crippen molar-refractivity contribution in [2.45, 2.75) is 33.2 Å². The van der Waals surface area contributed by atoms with Crippen LogP contribution in [0.15, 0.2) is 15.9 Å². The first-order valence-corrected chi connectivity index (χ1v) is 6.89. The summed E-state index contributed by atoms with van der Waals surface area (Å²) < 4.78 is 1.26. The predicted octanol–water partition coefficient (Wildman–Crippen LogP) is 4.13. The Bertz CT molecular complexity index is 260. The molecule has 1 rings (SSSR count). The number of rotatable bonds is 6. The highest BCUT2D eigenvalue weighted by atomic mass is 79.9. The van der Waals surface area contributed by atoms with Gasteiger partial charge in [0.25, 0.3) is 0 Å². The minimum atomic E-state index is 1.09. The van der Waals surface area contributed by atoms with Crippen molar-refractivity contribution in [3.8, 4) is 0 Å². The summed E-state index contributed by atoms with van der Waals surface area (Å²) in [7, 11) is 0. The molecule has 0 atom stereocenters. The maximum absolute atomic E-state index is 3.58. The van der Waals surface area contributed by atoms with Crippen LogP contribution in [0.2, 0.25) is 0 Å². The fourth-order valence-electron chi connectivity index (χ4n) is 1.37. The number of nitrogens with zero attached hydrogens (tertiary/aromatic N) is 1. The zero-order chi connectivity index (χ0) is 10.4. The molecule has 0 saturated heterocycles. The van der Waals surface area contributed by atoms with Crippen LogP contribution >= 0.6 is 27.3 Å². The summed E-state index contributed by atoms with van der Waals surface area (Å²) in [6.07, 6.45) is 2.58. The highest BCUT2D eigenvalue weighted by molar-refractivity contribution is 9.10. The Labute approximate surface area is 99.3 Å². The van der Waals surface area contributed by atoms with Crippen LogP contribution in [0.4, 0.5) is 0 Å². The Morgan fingerprint density at radius 2 is 2.21 bits per heavy atom. The Kier molecular flexibility index (Phi) is 5.75. The van der Waals surface area contributed by atoms with E-state index in [1.54, 1.807) is 0 Å². The first-order chi connectivity index (χ1) is 6.77. The quantitative estimate of drug-likeness (QED) is 0.755. The molecule has 14 heavy (non-hydrogen) atoms. The Balaban J connectivity index is 2.44. The van der Waals surface area contributed by atoms with E-state index >= 15 is 0 Å². The van der Waals surface area contributed by atoms with E-state index < -0.39 is 0 Å². The summed E-state index contributed by atoms with van der Waals surface area (Å²) in [6.45, 7) is 7.93. The van der Waals surface area contributed by atoms with Gasteiger partial charge in [-0.3, -0.25) is 4.90 Å². The molecule has 0 aromatic carbocycles. The second-order valence-corrected chi connectivity index (χ2v) is 5.27. The topological polar surface area (TPSA) is 3.24 Å². The third-order valence-corrected chi connectivity index (χ3v) is 4.24. The molecule has 0 bridgehead atoms. The van der Waals surface area contributed by atoms with E-state index in [0.29, 0.717) is 0 Å². The molecule has 0 aliphatic heterocycles. The van der Waals surface area contributed by atoms with Crippen molar-refractivity contribution in [2.75, 3.05) is 13.1 Å². The van der Waals surface area contributed by atoms with E-state index in [1.165, 1.54) is 28.7 Å². The monoisotopic (exact) mass is 275 g/mol. The largest absolute Gasteiger partial charge is 0.298 e. The van der Waals surface area contributed by atoms with Crippen molar-refractivity contribution in [3.63, 3.8) is 0 Å². The molecule has 0 fully saturated rings. The average Bonchev–Trinajstić information content (AvgIpc) is 2.59. The van der Waals surface area contributed by atoms with Gasteiger partial charge in [-0.1, -0.05) is 20.3 Å². The van der Waals surface area contributed by atoms with Crippen LogP contribution in [0.3, 0.4) is 0 Å². The molecule has 0 N–H and O–H groups in total. The second kappa shape index (κ2) is 6.59. The van der Waals surface area contributed by atoms with Crippen molar-refractivity contribution >= 4 is 27.3 Å². The maximum atomic E-state index is 3.58. The van der Waals surface area contributed by atoms with Gasteiger partial charge >= 0.3 is 0 Å². The lowest BCUT2D eigenvalue weighted by atomic mass is 10.3. The summed E-state index contributed by atoms with van der Waals surface area (Å²) >= 11 is 5.41. The van der Waals surface area contributed by atoms with Gasteiger partial charge in [0.05, 0.1) is 0 Å². The first-order valence-electron chi connectivity index (χ1n) is 5.22. The van der Waals surface area contributed by atoms with Crippen molar-refractivity contribution in [2.24, 2.45) is 0 Å². The number of thiophene rings is 1. The van der Waals surface area contributed by atoms with E-state index in [4.69, 9.17) is 0 Å². The highest BCUT2D eigenvalue weighted by Gasteiger charge is 2.06. The molecule has 3 heteroatoms. The molecule has 1 nitrogen and oxygen atoms in total. The normalized spacial score (nSPS) is 11.1. The smallest absolute Gasteiger partial charge is 0.0339 e. The van der Waals surface area contributed by atoms with Crippen molar-refractivity contribution in [1.29, 1.82) is 0 Å². The van der Waals surface area contributed by atoms with E-state index in [2.05, 4.69) is 46.1 Å². The molecular weight excluding hydrogens is 258 g/mol. The molecule has 0 saturated carbocycles. The lowest BCUT2D eigenvalue weighted by Gasteiger charge is -2.19. The van der Waals surface area contributed by atoms with Gasteiger partial charge in [-0.15, -0.1) is 11.3 Å². The summed E-state index contributed by atoms with van der Waals surface area (Å²) in [5.74, 6) is 0. The van der Waals surface area contributed by atoms with Crippen molar-refractivity contribution in [3.05, 3.63) is 20.8 Å². The average molecular weight is 276 g/mol. The van der Waals surface area contributed by atoms with Crippen molar-refractivity contribution < 1.29 is 0 Å². The Morgan fingerprint density at radius 3 is 2.71 bits per heavy atom. The summed E-state index contributed by atoms with van der Waals surface area (Å²) in [5, 5.41) is 2.15. The summed E-state index contributed by atoms with van der Waals surface area (Å²) in [4.78, 5) is 3.95. The van der Waals surface area contributed by atoms with Gasteiger partial charge in [-0.25, -0.2) is 0 Å². The minimum Gasteiger partial charge on any atom is -0.298 e. The fraction of sp³-hybridized carbons (Fsp3) is 0.636. The molecule has 0 radical (unpaired) electrons. The fourth-order valence-corrected chi connectivity index (χ4v) is 2.89. The van der Waals surface area contributed by atoms with Crippen LogP contribution in [-0.4, -0.2) is 18.0 Å². The van der Waals surface area contributed by atoms with Crippen LogP contribution < -0.4 is 0 Å². The molecule has 0 spiro atoms. The zero-order valence-corrected chi connectivity index (χ0v) is 11.3. The lowest BCUT2D eigenvalue weighted by Crippen LogP contribution is -2.23. The van der Waals surface area contributed by atoms with Crippen LogP contribution in [0.1, 0.15) is 31.6 Å². The molecule has 0 amide bonds. The molecule has 0 aliphatic rings. The number of halogens is 1. The van der Waals surface area contributed by atoms with Gasteiger partial charge in [0, 0.05) is 15.9 Å². The summed E-state index contributed by atoms with van der Waals surface area (Å²) in [6, 6.07) is 2.13. The molecule has 1 aromatic rings. The van der Waals surface area contributed by atoms with E-state index in [9.17, 15) is 0 Å². The SMILES string of the molecule is CCCCN(CC)Cc1sccc1Br. The van der Waals surface area contributed by atoms with Gasteiger partial charge in [0.2, 0.25) is 0 Å². The molecule has 80 valence electrons. The Hall–Kier alpha value is 0.140. The lowest BCUT2D eigenvalue weighted by molar-refractivity contribution is 0.277. The van der Waals surface area contributed by atoms with Gasteiger partial charge in [-0.05, 0) is 46.9 Å². The van der Waals surface area contributed by atoms with E-state index in [-0.39, 0.29) is 0 Å². The van der Waals surface area contributed by atoms with Gasteiger partial charge in [0.1, 0.15) is 0 Å². The first kappa shape index (κ1) is 12.2. The number of hydrogen-bond donors (Lipinski definition) is 0. The number of hydrogen-bond acceptors (Lipinski definition) is 2. The molecule has 1 aromatic heterocycles. The molecule has 1 heterocycles. The highest BCUT2D eigenvalue weighted by Crippen LogP contribution is 2.24. The van der Waals surface area contributed by atoms with Gasteiger partial charge in [-0.2, -0.15) is 0 Å². The predicted molar refractivity (Wildman–Crippen MR) is 67.9 cm³/mol.